The minimum atomic E-state index is -1.59. The molecule has 1 fully saturated rings. The van der Waals surface area contributed by atoms with Crippen molar-refractivity contribution in [3.63, 3.8) is 0 Å². The van der Waals surface area contributed by atoms with Crippen LogP contribution in [-0.2, 0) is 41.3 Å². The van der Waals surface area contributed by atoms with Crippen LogP contribution in [0.25, 0.3) is 0 Å². The van der Waals surface area contributed by atoms with Crippen LogP contribution in [0.15, 0.2) is 46.9 Å². The van der Waals surface area contributed by atoms with Gasteiger partial charge in [0, 0.05) is 42.5 Å². The van der Waals surface area contributed by atoms with Crippen molar-refractivity contribution in [2.75, 3.05) is 5.75 Å². The van der Waals surface area contributed by atoms with Crippen molar-refractivity contribution in [2.45, 2.75) is 39.2 Å². The number of amides is 1. The second kappa shape index (κ2) is 12.8. The number of nitrogens with zero attached hydrogens (tertiary/aromatic N) is 2. The van der Waals surface area contributed by atoms with E-state index in [2.05, 4.69) is 6.58 Å². The summed E-state index contributed by atoms with van der Waals surface area (Å²) >= 11 is 1.20. The van der Waals surface area contributed by atoms with Crippen molar-refractivity contribution in [3.05, 3.63) is 62.5 Å². The standard InChI is InChI=1S/C22H24N2O8S3/c1-5-11-35(31)20-17(6-2)19(27)23(20)18(22(33-13(3)25)34-14(4)26)21(28)32-12-15-7-9-16(10-8-15)24(29)30/h5,7-10,17,20H,1,6,11-12H2,2-4H3. The zero-order chi connectivity index (χ0) is 26.3. The number of carbonyl (C=O) groups excluding carboxylic acids is 4. The van der Waals surface area contributed by atoms with Crippen LogP contribution < -0.4 is 0 Å². The molecule has 1 aliphatic rings. The fourth-order valence-corrected chi connectivity index (χ4v) is 6.74. The Morgan fingerprint density at radius 3 is 2.23 bits per heavy atom. The first-order chi connectivity index (χ1) is 16.5. The molecule has 0 N–H and O–H groups in total. The number of non-ortho nitro benzene ring substituents is 1. The average molecular weight is 541 g/mol. The highest BCUT2D eigenvalue weighted by molar-refractivity contribution is 8.34. The van der Waals surface area contributed by atoms with Gasteiger partial charge in [-0.3, -0.25) is 33.6 Å². The molecular weight excluding hydrogens is 516 g/mol. The molecule has 0 radical (unpaired) electrons. The summed E-state index contributed by atoms with van der Waals surface area (Å²) in [5, 5.41) is 9.11. The van der Waals surface area contributed by atoms with Crippen molar-refractivity contribution in [1.29, 1.82) is 0 Å². The van der Waals surface area contributed by atoms with E-state index in [4.69, 9.17) is 4.74 Å². The molecule has 3 atom stereocenters. The third-order valence-electron chi connectivity index (χ3n) is 4.76. The van der Waals surface area contributed by atoms with Gasteiger partial charge in [-0.1, -0.05) is 13.0 Å². The number of hydrogen-bond donors (Lipinski definition) is 0. The Hall–Kier alpha value is -2.77. The molecule has 35 heavy (non-hydrogen) atoms. The van der Waals surface area contributed by atoms with Gasteiger partial charge in [0.1, 0.15) is 12.0 Å². The molecule has 3 unspecified atom stereocenters. The van der Waals surface area contributed by atoms with Gasteiger partial charge in [0.15, 0.2) is 15.9 Å². The Labute approximate surface area is 213 Å². The van der Waals surface area contributed by atoms with Crippen molar-refractivity contribution in [2.24, 2.45) is 5.92 Å². The van der Waals surface area contributed by atoms with E-state index in [9.17, 15) is 33.5 Å². The molecule has 0 bridgehead atoms. The molecule has 1 heterocycles. The van der Waals surface area contributed by atoms with Gasteiger partial charge in [-0.2, -0.15) is 0 Å². The van der Waals surface area contributed by atoms with Gasteiger partial charge in [0.25, 0.3) is 5.69 Å². The first-order valence-electron chi connectivity index (χ1n) is 10.3. The van der Waals surface area contributed by atoms with Gasteiger partial charge >= 0.3 is 5.97 Å². The van der Waals surface area contributed by atoms with E-state index in [1.807, 2.05) is 0 Å². The predicted octanol–water partition coefficient (Wildman–Crippen LogP) is 3.50. The Morgan fingerprint density at radius 2 is 1.77 bits per heavy atom. The number of hydrogen-bond acceptors (Lipinski definition) is 10. The van der Waals surface area contributed by atoms with E-state index >= 15 is 0 Å². The summed E-state index contributed by atoms with van der Waals surface area (Å²) in [7, 11) is -1.59. The first kappa shape index (κ1) is 28.5. The van der Waals surface area contributed by atoms with Crippen LogP contribution in [0.5, 0.6) is 0 Å². The third kappa shape index (κ3) is 7.12. The zero-order valence-electron chi connectivity index (χ0n) is 19.3. The van der Waals surface area contributed by atoms with Crippen LogP contribution in [0.4, 0.5) is 5.69 Å². The van der Waals surface area contributed by atoms with Crippen LogP contribution in [-0.4, -0.2) is 47.3 Å². The highest BCUT2D eigenvalue weighted by Crippen LogP contribution is 2.42. The van der Waals surface area contributed by atoms with Gasteiger partial charge in [-0.15, -0.1) is 6.58 Å². The van der Waals surface area contributed by atoms with Gasteiger partial charge in [-0.25, -0.2) is 4.79 Å². The number of carbonyl (C=O) groups is 4. The molecule has 1 aromatic carbocycles. The number of β-lactam (4-membered cyclic amide) rings is 1. The lowest BCUT2D eigenvalue weighted by Crippen LogP contribution is -2.63. The summed E-state index contributed by atoms with van der Waals surface area (Å²) in [4.78, 5) is 61.3. The molecule has 10 nitrogen and oxygen atoms in total. The number of benzene rings is 1. The molecular formula is C22H24N2O8S3. The molecule has 0 spiro atoms. The molecule has 188 valence electrons. The van der Waals surface area contributed by atoms with E-state index in [0.29, 0.717) is 35.5 Å². The van der Waals surface area contributed by atoms with Gasteiger partial charge in [0.2, 0.25) is 5.91 Å². The molecule has 1 aliphatic heterocycles. The maximum atomic E-state index is 13.2. The Balaban J connectivity index is 2.47. The maximum absolute atomic E-state index is 13.2. The number of thioether (sulfide) groups is 2. The third-order valence-corrected chi connectivity index (χ3v) is 8.24. The van der Waals surface area contributed by atoms with Crippen molar-refractivity contribution in [3.8, 4) is 0 Å². The summed E-state index contributed by atoms with van der Waals surface area (Å²) in [5.41, 5.74) is -0.0242. The van der Waals surface area contributed by atoms with E-state index in [1.165, 1.54) is 44.2 Å². The fourth-order valence-electron chi connectivity index (χ4n) is 3.24. The Morgan fingerprint density at radius 1 is 1.20 bits per heavy atom. The van der Waals surface area contributed by atoms with Crippen LogP contribution in [0.1, 0.15) is 32.8 Å². The molecule has 1 saturated heterocycles. The number of nitro groups is 1. The zero-order valence-corrected chi connectivity index (χ0v) is 21.7. The number of esters is 1. The van der Waals surface area contributed by atoms with Crippen molar-refractivity contribution in [1.82, 2.24) is 4.90 Å². The van der Waals surface area contributed by atoms with Crippen molar-refractivity contribution < 1.29 is 33.0 Å². The molecule has 2 rings (SSSR count). The van der Waals surface area contributed by atoms with Crippen LogP contribution >= 0.6 is 23.5 Å². The summed E-state index contributed by atoms with van der Waals surface area (Å²) in [6, 6.07) is 5.33. The summed E-state index contributed by atoms with van der Waals surface area (Å²) in [6.07, 6.45) is 1.82. The van der Waals surface area contributed by atoms with Gasteiger partial charge < -0.3 is 4.74 Å². The topological polar surface area (TPSA) is 141 Å². The van der Waals surface area contributed by atoms with E-state index in [0.717, 1.165) is 4.90 Å². The summed E-state index contributed by atoms with van der Waals surface area (Å²) < 4.78 is 18.2. The molecule has 0 saturated carbocycles. The normalized spacial score (nSPS) is 17.7. The number of likely N-dealkylation sites (tertiary alicyclic amines) is 1. The summed E-state index contributed by atoms with van der Waals surface area (Å²) in [5.74, 6) is -2.00. The summed E-state index contributed by atoms with van der Waals surface area (Å²) in [6.45, 7) is 7.52. The fraction of sp³-hybridized carbons (Fsp3) is 0.364. The van der Waals surface area contributed by atoms with Crippen molar-refractivity contribution >= 4 is 62.1 Å². The highest BCUT2D eigenvalue weighted by atomic mass is 32.2. The van der Waals surface area contributed by atoms with Gasteiger partial charge in [0.05, 0.1) is 15.1 Å². The second-order valence-electron chi connectivity index (χ2n) is 7.27. The number of ether oxygens (including phenoxy) is 1. The quantitative estimate of drug-likeness (QED) is 0.102. The Bertz CT molecular complexity index is 1080. The van der Waals surface area contributed by atoms with E-state index < -0.39 is 49.1 Å². The van der Waals surface area contributed by atoms with Gasteiger partial charge in [-0.05, 0) is 47.6 Å². The van der Waals surface area contributed by atoms with Crippen LogP contribution in [0, 0.1) is 16.0 Å². The number of nitro benzene ring substituents is 1. The highest BCUT2D eigenvalue weighted by Gasteiger charge is 2.53. The lowest BCUT2D eigenvalue weighted by Gasteiger charge is -2.46. The molecule has 13 heteroatoms. The monoisotopic (exact) mass is 540 g/mol. The second-order valence-corrected chi connectivity index (χ2v) is 11.5. The number of rotatable bonds is 11. The lowest BCUT2D eigenvalue weighted by molar-refractivity contribution is -0.384. The molecule has 0 aromatic heterocycles. The molecule has 1 amide bonds. The van der Waals surface area contributed by atoms with E-state index in [-0.39, 0.29) is 28.0 Å². The smallest absolute Gasteiger partial charge is 0.357 e. The molecule has 1 aromatic rings. The van der Waals surface area contributed by atoms with Crippen LogP contribution in [0.2, 0.25) is 0 Å². The van der Waals surface area contributed by atoms with Crippen LogP contribution in [0.3, 0.4) is 0 Å². The minimum Gasteiger partial charge on any atom is -0.456 e. The predicted molar refractivity (Wildman–Crippen MR) is 134 cm³/mol. The molecule has 0 aliphatic carbocycles. The largest absolute Gasteiger partial charge is 0.456 e. The lowest BCUT2D eigenvalue weighted by atomic mass is 9.94. The maximum Gasteiger partial charge on any atom is 0.357 e. The van der Waals surface area contributed by atoms with E-state index in [1.54, 1.807) is 6.92 Å². The SMILES string of the molecule is C=CCS(=O)C1C(CC)C(=O)N1C(C(=O)OCc1ccc([N+](=O)[O-])cc1)=C(SC(C)=O)SC(C)=O. The average Bonchev–Trinajstić information content (AvgIpc) is 2.78. The Kier molecular flexibility index (Phi) is 10.4. The first-order valence-corrected chi connectivity index (χ1v) is 13.4. The minimum absolute atomic E-state index is 0.0535.